The minimum Gasteiger partial charge on any atom is -0.550 e. The molecule has 0 saturated heterocycles. The first-order valence-corrected chi connectivity index (χ1v) is 13.9. The number of quaternary nitrogens is 1. The monoisotopic (exact) mass is 497 g/mol. The number of allylic oxidation sites excluding steroid dienone is 2. The van der Waals surface area contributed by atoms with Crippen LogP contribution in [0.2, 0.25) is 0 Å². The molecule has 0 aliphatic carbocycles. The molecular formula is C28H51NO6. The van der Waals surface area contributed by atoms with Crippen LogP contribution in [-0.2, 0) is 14.4 Å². The number of hydrogen-bond donors (Lipinski definition) is 2. The third kappa shape index (κ3) is 22.3. The fraction of sp³-hybridized carbons (Fsp3) is 0.821. The second-order valence-electron chi connectivity index (χ2n) is 9.94. The maximum Gasteiger partial charge on any atom is 0.309 e. The Morgan fingerprint density at radius 3 is 1.43 bits per heavy atom. The molecule has 0 aromatic carbocycles. The van der Waals surface area contributed by atoms with Gasteiger partial charge in [-0.05, 0) is 38.5 Å². The van der Waals surface area contributed by atoms with Gasteiger partial charge in [-0.25, -0.2) is 0 Å². The number of nitrogens with zero attached hydrogens (tertiary/aromatic N) is 1. The largest absolute Gasteiger partial charge is 0.550 e. The normalized spacial score (nSPS) is 11.8. The molecule has 0 aliphatic heterocycles. The topological polar surface area (TPSA) is 115 Å². The number of carbonyl (C=O) groups is 3. The van der Waals surface area contributed by atoms with Crippen molar-refractivity contribution in [1.82, 2.24) is 0 Å². The summed E-state index contributed by atoms with van der Waals surface area (Å²) in [6, 6.07) is 0. The van der Waals surface area contributed by atoms with E-state index >= 15 is 0 Å². The number of carboxylic acids is 3. The van der Waals surface area contributed by atoms with Crippen LogP contribution in [-0.4, -0.2) is 58.8 Å². The summed E-state index contributed by atoms with van der Waals surface area (Å²) in [5.74, 6) is -3.09. The Labute approximate surface area is 213 Å². The molecule has 7 heteroatoms. The Kier molecular flexibility index (Phi) is 21.3. The van der Waals surface area contributed by atoms with Gasteiger partial charge in [0.2, 0.25) is 0 Å². The summed E-state index contributed by atoms with van der Waals surface area (Å²) in [7, 11) is 0. The van der Waals surface area contributed by atoms with Crippen molar-refractivity contribution in [2.75, 3.05) is 26.2 Å². The van der Waals surface area contributed by atoms with Crippen molar-refractivity contribution in [3.8, 4) is 0 Å². The van der Waals surface area contributed by atoms with Crippen LogP contribution in [0, 0.1) is 0 Å². The van der Waals surface area contributed by atoms with Crippen molar-refractivity contribution in [2.45, 2.75) is 122 Å². The first-order valence-electron chi connectivity index (χ1n) is 13.9. The molecular weight excluding hydrogens is 446 g/mol. The van der Waals surface area contributed by atoms with Gasteiger partial charge in [0.05, 0.1) is 39.0 Å². The fourth-order valence-corrected chi connectivity index (χ4v) is 4.54. The lowest BCUT2D eigenvalue weighted by molar-refractivity contribution is -0.927. The van der Waals surface area contributed by atoms with E-state index in [1.807, 2.05) is 0 Å². The van der Waals surface area contributed by atoms with E-state index in [0.717, 1.165) is 32.1 Å². The highest BCUT2D eigenvalue weighted by atomic mass is 16.4. The van der Waals surface area contributed by atoms with Gasteiger partial charge in [-0.15, -0.1) is 0 Å². The van der Waals surface area contributed by atoms with Gasteiger partial charge in [-0.3, -0.25) is 9.59 Å². The molecule has 0 aromatic rings. The van der Waals surface area contributed by atoms with E-state index in [1.54, 1.807) is 0 Å². The van der Waals surface area contributed by atoms with Crippen molar-refractivity contribution in [3.63, 3.8) is 0 Å². The van der Waals surface area contributed by atoms with Gasteiger partial charge in [0.15, 0.2) is 0 Å². The molecule has 0 heterocycles. The molecule has 0 aromatic heterocycles. The van der Waals surface area contributed by atoms with E-state index in [9.17, 15) is 19.5 Å². The maximum absolute atomic E-state index is 11.1. The van der Waals surface area contributed by atoms with Crippen LogP contribution in [0.15, 0.2) is 12.2 Å². The van der Waals surface area contributed by atoms with E-state index < -0.39 is 17.9 Å². The molecule has 0 saturated carbocycles. The van der Waals surface area contributed by atoms with Gasteiger partial charge in [-0.2, -0.15) is 0 Å². The second kappa shape index (κ2) is 22.6. The molecule has 0 spiro atoms. The molecule has 0 radical (unpaired) electrons. The highest BCUT2D eigenvalue weighted by Crippen LogP contribution is 2.17. The molecule has 0 unspecified atom stereocenters. The van der Waals surface area contributed by atoms with Crippen molar-refractivity contribution < 1.29 is 34.2 Å². The van der Waals surface area contributed by atoms with Gasteiger partial charge < -0.3 is 24.6 Å². The zero-order valence-corrected chi connectivity index (χ0v) is 22.2. The fourth-order valence-electron chi connectivity index (χ4n) is 4.54. The third-order valence-electron chi connectivity index (χ3n) is 6.78. The Hall–Kier alpha value is -1.89. The molecule has 204 valence electrons. The minimum atomic E-state index is -1.18. The van der Waals surface area contributed by atoms with Gasteiger partial charge >= 0.3 is 11.9 Å². The van der Waals surface area contributed by atoms with Crippen LogP contribution >= 0.6 is 0 Å². The Morgan fingerprint density at radius 1 is 0.600 bits per heavy atom. The SMILES string of the molecule is CCCCCCCC/C=C/CCCCCCCCC[N+](CCC(=O)[O-])(CCC(=O)O)CCC(=O)O. The molecule has 2 N–H and O–H groups in total. The van der Waals surface area contributed by atoms with Crippen LogP contribution in [0.1, 0.15) is 122 Å². The van der Waals surface area contributed by atoms with E-state index in [4.69, 9.17) is 10.2 Å². The Morgan fingerprint density at radius 2 is 1.00 bits per heavy atom. The van der Waals surface area contributed by atoms with Gasteiger partial charge in [0.25, 0.3) is 0 Å². The van der Waals surface area contributed by atoms with E-state index in [-0.39, 0.29) is 43.4 Å². The number of hydrogen-bond acceptors (Lipinski definition) is 4. The Balaban J connectivity index is 4.07. The van der Waals surface area contributed by atoms with E-state index in [1.165, 1.54) is 64.2 Å². The summed E-state index contributed by atoms with van der Waals surface area (Å²) in [5, 5.41) is 29.2. The number of aliphatic carboxylic acids is 3. The number of rotatable bonds is 26. The second-order valence-corrected chi connectivity index (χ2v) is 9.94. The molecule has 0 amide bonds. The summed E-state index contributed by atoms with van der Waals surface area (Å²) >= 11 is 0. The van der Waals surface area contributed by atoms with Gasteiger partial charge in [-0.1, -0.05) is 76.9 Å². The lowest BCUT2D eigenvalue weighted by Crippen LogP contribution is -2.53. The number of carbonyl (C=O) groups excluding carboxylic acids is 1. The minimum absolute atomic E-state index is 0.0972. The quantitative estimate of drug-likeness (QED) is 0.0949. The summed E-state index contributed by atoms with van der Waals surface area (Å²) < 4.78 is 0.220. The zero-order chi connectivity index (χ0) is 26.2. The maximum atomic E-state index is 11.1. The summed E-state index contributed by atoms with van der Waals surface area (Å²) in [6.45, 7) is 3.58. The highest BCUT2D eigenvalue weighted by Gasteiger charge is 2.28. The average Bonchev–Trinajstić information content (AvgIpc) is 2.81. The highest BCUT2D eigenvalue weighted by molar-refractivity contribution is 5.67. The van der Waals surface area contributed by atoms with Crippen LogP contribution in [0.3, 0.4) is 0 Å². The molecule has 35 heavy (non-hydrogen) atoms. The van der Waals surface area contributed by atoms with Crippen LogP contribution < -0.4 is 5.11 Å². The third-order valence-corrected chi connectivity index (χ3v) is 6.78. The molecule has 0 rings (SSSR count). The molecule has 0 bridgehead atoms. The summed E-state index contributed by atoms with van der Waals surface area (Å²) in [4.78, 5) is 33.2. The predicted octanol–water partition coefficient (Wildman–Crippen LogP) is 5.32. The number of unbranched alkanes of at least 4 members (excludes halogenated alkanes) is 13. The molecule has 0 aliphatic rings. The van der Waals surface area contributed by atoms with Crippen molar-refractivity contribution >= 4 is 17.9 Å². The van der Waals surface area contributed by atoms with Gasteiger partial charge in [0.1, 0.15) is 0 Å². The summed E-state index contributed by atoms with van der Waals surface area (Å²) in [5.41, 5.74) is 0. The van der Waals surface area contributed by atoms with Crippen molar-refractivity contribution in [3.05, 3.63) is 12.2 Å². The van der Waals surface area contributed by atoms with E-state index in [2.05, 4.69) is 19.1 Å². The Bertz CT molecular complexity index is 544. The lowest BCUT2D eigenvalue weighted by Gasteiger charge is -2.38. The molecule has 0 atom stereocenters. The lowest BCUT2D eigenvalue weighted by atomic mass is 10.1. The van der Waals surface area contributed by atoms with Crippen LogP contribution in [0.4, 0.5) is 0 Å². The van der Waals surface area contributed by atoms with E-state index in [0.29, 0.717) is 6.54 Å². The molecule has 7 nitrogen and oxygen atoms in total. The average molecular weight is 498 g/mol. The van der Waals surface area contributed by atoms with Gasteiger partial charge in [0, 0.05) is 12.4 Å². The molecule has 0 fully saturated rings. The van der Waals surface area contributed by atoms with Crippen LogP contribution in [0.25, 0.3) is 0 Å². The first-order chi connectivity index (χ1) is 16.8. The van der Waals surface area contributed by atoms with Crippen molar-refractivity contribution in [1.29, 1.82) is 0 Å². The zero-order valence-electron chi connectivity index (χ0n) is 22.2. The predicted molar refractivity (Wildman–Crippen MR) is 138 cm³/mol. The summed E-state index contributed by atoms with van der Waals surface area (Å²) in [6.07, 6.45) is 22.4. The van der Waals surface area contributed by atoms with Crippen LogP contribution in [0.5, 0.6) is 0 Å². The standard InChI is InChI=1S/C28H51NO6/c1-2-3-4-5-6-7-8-9-10-11-12-13-14-15-16-17-18-22-29(23-19-26(30)31,24-20-27(32)33)25-21-28(34)35/h9-10H,2-8,11-25H2,1H3,(H2-,30,31,32,33,34,35)/b10-9+. The first kappa shape index (κ1) is 33.1. The van der Waals surface area contributed by atoms with Crippen molar-refractivity contribution in [2.24, 2.45) is 0 Å². The smallest absolute Gasteiger partial charge is 0.309 e. The number of carboxylic acid groups (broad SMARTS) is 3.